The average molecular weight is 288 g/mol. The maximum absolute atomic E-state index is 12.7. The lowest BCUT2D eigenvalue weighted by Crippen LogP contribution is -2.39. The Morgan fingerprint density at radius 2 is 2.00 bits per heavy atom. The summed E-state index contributed by atoms with van der Waals surface area (Å²) < 4.78 is 0. The summed E-state index contributed by atoms with van der Waals surface area (Å²) in [6.07, 6.45) is 1.27. The van der Waals surface area contributed by atoms with Crippen LogP contribution in [0.2, 0.25) is 0 Å². The van der Waals surface area contributed by atoms with E-state index < -0.39 is 0 Å². The van der Waals surface area contributed by atoms with Crippen LogP contribution in [0.3, 0.4) is 0 Å². The Morgan fingerprint density at radius 1 is 1.33 bits per heavy atom. The zero-order valence-electron chi connectivity index (χ0n) is 13.8. The molecule has 1 heterocycles. The summed E-state index contributed by atoms with van der Waals surface area (Å²) in [5.74, 6) is 0.973. The predicted molar refractivity (Wildman–Crippen MR) is 87.7 cm³/mol. The van der Waals surface area contributed by atoms with E-state index in [1.165, 1.54) is 19.5 Å². The van der Waals surface area contributed by atoms with Gasteiger partial charge in [-0.1, -0.05) is 44.2 Å². The fraction of sp³-hybridized carbons (Fsp3) is 0.611. The fourth-order valence-corrected chi connectivity index (χ4v) is 3.41. The lowest BCUT2D eigenvalue weighted by atomic mass is 9.83. The molecule has 1 aromatic carbocycles. The van der Waals surface area contributed by atoms with Crippen molar-refractivity contribution in [2.24, 2.45) is 11.3 Å². The molecule has 0 radical (unpaired) electrons. The molecule has 3 heteroatoms. The van der Waals surface area contributed by atoms with Gasteiger partial charge in [0.15, 0.2) is 5.78 Å². The second-order valence-corrected chi connectivity index (χ2v) is 7.19. The number of ketones is 1. The number of carbonyl (C=O) groups is 1. The van der Waals surface area contributed by atoms with Crippen LogP contribution in [0.15, 0.2) is 30.3 Å². The number of likely N-dealkylation sites (tertiary alicyclic amines) is 1. The number of hydrogen-bond acceptors (Lipinski definition) is 3. The molecular weight excluding hydrogens is 260 g/mol. The van der Waals surface area contributed by atoms with Gasteiger partial charge in [0.05, 0.1) is 0 Å². The number of Topliss-reactive ketones (excluding diaryl/α,β-unsaturated/α-hetero) is 1. The number of nitrogens with zero attached hydrogens (tertiary/aromatic N) is 2. The van der Waals surface area contributed by atoms with E-state index in [0.717, 1.165) is 24.6 Å². The number of carbonyl (C=O) groups excluding carboxylic acids is 1. The van der Waals surface area contributed by atoms with Crippen LogP contribution in [0.5, 0.6) is 0 Å². The smallest absolute Gasteiger partial charge is 0.169 e. The Labute approximate surface area is 128 Å². The van der Waals surface area contributed by atoms with Gasteiger partial charge >= 0.3 is 0 Å². The molecular formula is C18H28N2O. The van der Waals surface area contributed by atoms with Crippen molar-refractivity contribution >= 4 is 5.78 Å². The molecule has 0 amide bonds. The van der Waals surface area contributed by atoms with Crippen molar-refractivity contribution in [1.82, 2.24) is 9.80 Å². The van der Waals surface area contributed by atoms with Gasteiger partial charge in [-0.2, -0.15) is 0 Å². The molecule has 116 valence electrons. The first-order chi connectivity index (χ1) is 9.88. The van der Waals surface area contributed by atoms with Crippen molar-refractivity contribution in [3.8, 4) is 0 Å². The highest BCUT2D eigenvalue weighted by Crippen LogP contribution is 2.24. The maximum Gasteiger partial charge on any atom is 0.169 e. The molecule has 0 spiro atoms. The molecule has 1 unspecified atom stereocenters. The van der Waals surface area contributed by atoms with E-state index in [9.17, 15) is 4.79 Å². The van der Waals surface area contributed by atoms with Crippen LogP contribution >= 0.6 is 0 Å². The third kappa shape index (κ3) is 4.39. The first kappa shape index (κ1) is 16.2. The quantitative estimate of drug-likeness (QED) is 0.752. The van der Waals surface area contributed by atoms with Gasteiger partial charge in [-0.3, -0.25) is 4.79 Å². The Kier molecular flexibility index (Phi) is 5.17. The maximum atomic E-state index is 12.7. The molecule has 0 aliphatic carbocycles. The molecule has 1 atom stereocenters. The molecule has 0 bridgehead atoms. The summed E-state index contributed by atoms with van der Waals surface area (Å²) >= 11 is 0. The highest BCUT2D eigenvalue weighted by atomic mass is 16.1. The molecule has 1 aliphatic rings. The Balaban J connectivity index is 1.92. The van der Waals surface area contributed by atoms with Gasteiger partial charge in [-0.15, -0.1) is 0 Å². The van der Waals surface area contributed by atoms with Gasteiger partial charge in [-0.05, 0) is 33.0 Å². The lowest BCUT2D eigenvalue weighted by molar-refractivity contribution is 0.0773. The molecule has 0 N–H and O–H groups in total. The minimum Gasteiger partial charge on any atom is -0.306 e. The van der Waals surface area contributed by atoms with Crippen molar-refractivity contribution in [3.05, 3.63) is 35.9 Å². The SMILES string of the molecule is CN1CCC(CN(C)CC(C)(C)C(=O)c2ccccc2)C1. The van der Waals surface area contributed by atoms with Crippen LogP contribution in [0.4, 0.5) is 0 Å². The van der Waals surface area contributed by atoms with E-state index >= 15 is 0 Å². The zero-order valence-corrected chi connectivity index (χ0v) is 13.8. The van der Waals surface area contributed by atoms with E-state index in [0.29, 0.717) is 0 Å². The van der Waals surface area contributed by atoms with Crippen LogP contribution < -0.4 is 0 Å². The van der Waals surface area contributed by atoms with E-state index in [-0.39, 0.29) is 11.2 Å². The summed E-state index contributed by atoms with van der Waals surface area (Å²) in [6, 6.07) is 9.64. The Bertz CT molecular complexity index is 469. The van der Waals surface area contributed by atoms with Crippen molar-refractivity contribution in [3.63, 3.8) is 0 Å². The Morgan fingerprint density at radius 3 is 2.57 bits per heavy atom. The van der Waals surface area contributed by atoms with Crippen LogP contribution in [0.25, 0.3) is 0 Å². The van der Waals surface area contributed by atoms with Crippen LogP contribution in [-0.4, -0.2) is 55.9 Å². The van der Waals surface area contributed by atoms with E-state index in [1.807, 2.05) is 30.3 Å². The first-order valence-corrected chi connectivity index (χ1v) is 7.85. The summed E-state index contributed by atoms with van der Waals surface area (Å²) in [6.45, 7) is 8.37. The third-order valence-electron chi connectivity index (χ3n) is 4.37. The highest BCUT2D eigenvalue weighted by molar-refractivity contribution is 6.00. The number of benzene rings is 1. The summed E-state index contributed by atoms with van der Waals surface area (Å²) in [4.78, 5) is 17.4. The predicted octanol–water partition coefficient (Wildman–Crippen LogP) is 2.78. The van der Waals surface area contributed by atoms with Crippen LogP contribution in [-0.2, 0) is 0 Å². The molecule has 2 rings (SSSR count). The molecule has 0 aromatic heterocycles. The first-order valence-electron chi connectivity index (χ1n) is 7.85. The minimum absolute atomic E-state index is 0.235. The second-order valence-electron chi connectivity index (χ2n) is 7.19. The molecule has 0 saturated carbocycles. The molecule has 1 saturated heterocycles. The van der Waals surface area contributed by atoms with E-state index in [2.05, 4.69) is 37.7 Å². The van der Waals surface area contributed by atoms with Gasteiger partial charge < -0.3 is 9.80 Å². The van der Waals surface area contributed by atoms with Gasteiger partial charge in [0, 0.05) is 30.6 Å². The van der Waals surface area contributed by atoms with Crippen molar-refractivity contribution in [1.29, 1.82) is 0 Å². The summed E-state index contributed by atoms with van der Waals surface area (Å²) in [5, 5.41) is 0. The van der Waals surface area contributed by atoms with Gasteiger partial charge in [0.1, 0.15) is 0 Å². The molecule has 3 nitrogen and oxygen atoms in total. The van der Waals surface area contributed by atoms with E-state index in [4.69, 9.17) is 0 Å². The monoisotopic (exact) mass is 288 g/mol. The normalized spacial score (nSPS) is 20.1. The van der Waals surface area contributed by atoms with Crippen LogP contribution in [0.1, 0.15) is 30.6 Å². The molecule has 1 aromatic rings. The largest absolute Gasteiger partial charge is 0.306 e. The van der Waals surface area contributed by atoms with Crippen molar-refractivity contribution < 1.29 is 4.79 Å². The standard InChI is InChI=1S/C18H28N2O/c1-18(2,17(21)16-8-6-5-7-9-16)14-20(4)13-15-10-11-19(3)12-15/h5-9,15H,10-14H2,1-4H3. The van der Waals surface area contributed by atoms with Gasteiger partial charge in [0.25, 0.3) is 0 Å². The highest BCUT2D eigenvalue weighted by Gasteiger charge is 2.31. The Hall–Kier alpha value is -1.19. The van der Waals surface area contributed by atoms with Gasteiger partial charge in [-0.25, -0.2) is 0 Å². The molecule has 21 heavy (non-hydrogen) atoms. The number of hydrogen-bond donors (Lipinski definition) is 0. The summed E-state index contributed by atoms with van der Waals surface area (Å²) in [5.41, 5.74) is 0.470. The minimum atomic E-state index is -0.347. The fourth-order valence-electron chi connectivity index (χ4n) is 3.41. The molecule has 1 fully saturated rings. The number of rotatable bonds is 6. The average Bonchev–Trinajstić information content (AvgIpc) is 2.83. The van der Waals surface area contributed by atoms with Crippen molar-refractivity contribution in [2.75, 3.05) is 40.3 Å². The van der Waals surface area contributed by atoms with Crippen LogP contribution in [0, 0.1) is 11.3 Å². The topological polar surface area (TPSA) is 23.6 Å². The van der Waals surface area contributed by atoms with Crippen molar-refractivity contribution in [2.45, 2.75) is 20.3 Å². The summed E-state index contributed by atoms with van der Waals surface area (Å²) in [7, 11) is 4.32. The third-order valence-corrected chi connectivity index (χ3v) is 4.37. The van der Waals surface area contributed by atoms with Gasteiger partial charge in [0.2, 0.25) is 0 Å². The zero-order chi connectivity index (χ0) is 15.5. The van der Waals surface area contributed by atoms with E-state index in [1.54, 1.807) is 0 Å². The molecule has 1 aliphatic heterocycles. The lowest BCUT2D eigenvalue weighted by Gasteiger charge is -2.30. The second kappa shape index (κ2) is 6.71.